The Hall–Kier alpha value is -3.52. The number of thiophene rings is 1. The number of hydrogen-bond donors (Lipinski definition) is 2. The van der Waals surface area contributed by atoms with Crippen LogP contribution in [0.2, 0.25) is 0 Å². The smallest absolute Gasteiger partial charge is 0.272 e. The van der Waals surface area contributed by atoms with Crippen molar-refractivity contribution < 1.29 is 13.9 Å². The Balaban J connectivity index is 1.44. The average molecular weight is 394 g/mol. The maximum atomic E-state index is 13.3. The van der Waals surface area contributed by atoms with Gasteiger partial charge in [-0.05, 0) is 35.7 Å². The van der Waals surface area contributed by atoms with Gasteiger partial charge in [0.05, 0.1) is 10.6 Å². The van der Waals surface area contributed by atoms with E-state index in [1.165, 1.54) is 12.1 Å². The first-order chi connectivity index (χ1) is 13.7. The van der Waals surface area contributed by atoms with Crippen molar-refractivity contribution in [1.29, 1.82) is 0 Å². The number of benzene rings is 1. The van der Waals surface area contributed by atoms with Crippen LogP contribution in [0, 0.1) is 5.82 Å². The van der Waals surface area contributed by atoms with E-state index in [1.807, 2.05) is 17.5 Å². The summed E-state index contributed by atoms with van der Waals surface area (Å²) in [6.45, 7) is 0.193. The molecular weight excluding hydrogens is 379 g/mol. The summed E-state index contributed by atoms with van der Waals surface area (Å²) in [4.78, 5) is 17.6. The van der Waals surface area contributed by atoms with Crippen LogP contribution in [0.5, 0.6) is 11.6 Å². The maximum absolute atomic E-state index is 13.3. The zero-order valence-corrected chi connectivity index (χ0v) is 15.4. The lowest BCUT2D eigenvalue weighted by Gasteiger charge is -2.10. The molecule has 0 spiro atoms. The molecule has 3 aromatic heterocycles. The predicted molar refractivity (Wildman–Crippen MR) is 104 cm³/mol. The van der Waals surface area contributed by atoms with Gasteiger partial charge >= 0.3 is 0 Å². The van der Waals surface area contributed by atoms with Crippen molar-refractivity contribution in [3.63, 3.8) is 0 Å². The molecule has 2 N–H and O–H groups in total. The molecule has 0 saturated carbocycles. The fourth-order valence-electron chi connectivity index (χ4n) is 2.55. The van der Waals surface area contributed by atoms with Crippen LogP contribution in [0.4, 0.5) is 4.39 Å². The van der Waals surface area contributed by atoms with Crippen LogP contribution in [0.25, 0.3) is 10.6 Å². The largest absolute Gasteiger partial charge is 0.439 e. The number of nitrogens with zero attached hydrogens (tertiary/aromatic N) is 2. The Morgan fingerprint density at radius 3 is 2.93 bits per heavy atom. The highest BCUT2D eigenvalue weighted by molar-refractivity contribution is 7.13. The van der Waals surface area contributed by atoms with E-state index < -0.39 is 5.82 Å². The van der Waals surface area contributed by atoms with Gasteiger partial charge in [-0.1, -0.05) is 18.2 Å². The molecule has 0 aliphatic heterocycles. The predicted octanol–water partition coefficient (Wildman–Crippen LogP) is 4.39. The zero-order chi connectivity index (χ0) is 19.3. The quantitative estimate of drug-likeness (QED) is 0.508. The molecule has 0 fully saturated rings. The molecular formula is C20H15FN4O2S. The van der Waals surface area contributed by atoms with E-state index in [2.05, 4.69) is 20.5 Å². The summed E-state index contributed by atoms with van der Waals surface area (Å²) < 4.78 is 19.0. The second-order valence-electron chi connectivity index (χ2n) is 5.85. The van der Waals surface area contributed by atoms with Gasteiger partial charge in [-0.2, -0.15) is 5.10 Å². The van der Waals surface area contributed by atoms with Gasteiger partial charge in [-0.25, -0.2) is 9.37 Å². The Labute approximate surface area is 164 Å². The summed E-state index contributed by atoms with van der Waals surface area (Å²) in [5.41, 5.74) is 1.74. The average Bonchev–Trinajstić information content (AvgIpc) is 3.39. The van der Waals surface area contributed by atoms with Crippen molar-refractivity contribution in [2.24, 2.45) is 0 Å². The SMILES string of the molecule is O=C(NCc1cccnc1Oc1cccc(F)c1)c1cc(-c2cccs2)[nH]n1. The molecule has 4 rings (SSSR count). The third kappa shape index (κ3) is 4.07. The minimum absolute atomic E-state index is 0.193. The van der Waals surface area contributed by atoms with E-state index in [-0.39, 0.29) is 12.5 Å². The molecule has 0 radical (unpaired) electrons. The lowest BCUT2D eigenvalue weighted by molar-refractivity contribution is 0.0945. The van der Waals surface area contributed by atoms with E-state index in [0.29, 0.717) is 22.9 Å². The summed E-state index contributed by atoms with van der Waals surface area (Å²) >= 11 is 1.56. The number of amides is 1. The van der Waals surface area contributed by atoms with Crippen LogP contribution in [0.1, 0.15) is 16.1 Å². The van der Waals surface area contributed by atoms with E-state index in [1.54, 1.807) is 47.9 Å². The normalized spacial score (nSPS) is 10.6. The molecule has 8 heteroatoms. The van der Waals surface area contributed by atoms with Crippen LogP contribution in [0.15, 0.2) is 66.2 Å². The molecule has 28 heavy (non-hydrogen) atoms. The molecule has 0 bridgehead atoms. The number of aromatic nitrogens is 3. The Kier molecular flexibility index (Phi) is 5.11. The standard InChI is InChI=1S/C20H15FN4O2S/c21-14-5-1-6-15(10-14)27-20-13(4-2-8-22-20)12-23-19(26)17-11-16(24-25-17)18-7-3-9-28-18/h1-11H,12H2,(H,23,26)(H,24,25). The van der Waals surface area contributed by atoms with Crippen LogP contribution < -0.4 is 10.1 Å². The van der Waals surface area contributed by atoms with Crippen LogP contribution in [-0.2, 0) is 6.54 Å². The van der Waals surface area contributed by atoms with Crippen LogP contribution in [0.3, 0.4) is 0 Å². The number of carbonyl (C=O) groups excluding carboxylic acids is 1. The van der Waals surface area contributed by atoms with Crippen molar-refractivity contribution >= 4 is 17.2 Å². The zero-order valence-electron chi connectivity index (χ0n) is 14.6. The molecule has 6 nitrogen and oxygen atoms in total. The van der Waals surface area contributed by atoms with Gasteiger partial charge < -0.3 is 10.1 Å². The maximum Gasteiger partial charge on any atom is 0.272 e. The number of hydrogen-bond acceptors (Lipinski definition) is 5. The second kappa shape index (κ2) is 8.01. The van der Waals surface area contributed by atoms with Crippen molar-refractivity contribution in [2.45, 2.75) is 6.54 Å². The Bertz CT molecular complexity index is 1100. The van der Waals surface area contributed by atoms with Crippen molar-refractivity contribution in [1.82, 2.24) is 20.5 Å². The fourth-order valence-corrected chi connectivity index (χ4v) is 3.25. The third-order valence-electron chi connectivity index (χ3n) is 3.90. The van der Waals surface area contributed by atoms with Gasteiger partial charge in [-0.3, -0.25) is 9.89 Å². The van der Waals surface area contributed by atoms with Gasteiger partial charge in [-0.15, -0.1) is 11.3 Å². The van der Waals surface area contributed by atoms with Gasteiger partial charge in [0.25, 0.3) is 5.91 Å². The number of pyridine rings is 1. The lowest BCUT2D eigenvalue weighted by Crippen LogP contribution is -2.23. The number of aromatic amines is 1. The number of nitrogens with one attached hydrogen (secondary N) is 2. The van der Waals surface area contributed by atoms with Gasteiger partial charge in [0.15, 0.2) is 5.69 Å². The number of carbonyl (C=O) groups is 1. The van der Waals surface area contributed by atoms with Gasteiger partial charge in [0.2, 0.25) is 5.88 Å². The fraction of sp³-hybridized carbons (Fsp3) is 0.0500. The molecule has 3 heterocycles. The van der Waals surface area contributed by atoms with Crippen molar-refractivity contribution in [3.05, 3.63) is 83.2 Å². The number of ether oxygens (including phenoxy) is 1. The number of halogens is 1. The van der Waals surface area contributed by atoms with Crippen LogP contribution >= 0.6 is 11.3 Å². The monoisotopic (exact) mass is 394 g/mol. The van der Waals surface area contributed by atoms with E-state index >= 15 is 0 Å². The lowest BCUT2D eigenvalue weighted by atomic mass is 10.2. The third-order valence-corrected chi connectivity index (χ3v) is 4.80. The van der Waals surface area contributed by atoms with Crippen molar-refractivity contribution in [3.8, 4) is 22.2 Å². The summed E-state index contributed by atoms with van der Waals surface area (Å²) in [7, 11) is 0. The highest BCUT2D eigenvalue weighted by atomic mass is 32.1. The molecule has 0 atom stereocenters. The molecule has 0 saturated heterocycles. The molecule has 1 amide bonds. The van der Waals surface area contributed by atoms with E-state index in [4.69, 9.17) is 4.74 Å². The van der Waals surface area contributed by atoms with Crippen molar-refractivity contribution in [2.75, 3.05) is 0 Å². The minimum Gasteiger partial charge on any atom is -0.439 e. The summed E-state index contributed by atoms with van der Waals surface area (Å²) in [6, 6.07) is 14.9. The van der Waals surface area contributed by atoms with Gasteiger partial charge in [0.1, 0.15) is 11.6 Å². The van der Waals surface area contributed by atoms with Crippen LogP contribution in [-0.4, -0.2) is 21.1 Å². The first-order valence-electron chi connectivity index (χ1n) is 8.44. The number of H-pyrrole nitrogens is 1. The molecule has 4 aromatic rings. The van der Waals surface area contributed by atoms with E-state index in [0.717, 1.165) is 10.6 Å². The summed E-state index contributed by atoms with van der Waals surface area (Å²) in [6.07, 6.45) is 1.57. The Morgan fingerprint density at radius 1 is 1.18 bits per heavy atom. The minimum atomic E-state index is -0.400. The first-order valence-corrected chi connectivity index (χ1v) is 9.32. The molecule has 0 unspecified atom stereocenters. The molecule has 1 aromatic carbocycles. The molecule has 0 aliphatic rings. The second-order valence-corrected chi connectivity index (χ2v) is 6.80. The first kappa shape index (κ1) is 17.9. The molecule has 0 aliphatic carbocycles. The van der Waals surface area contributed by atoms with Gasteiger partial charge in [0, 0.05) is 24.4 Å². The number of rotatable bonds is 6. The summed E-state index contributed by atoms with van der Waals surface area (Å²) in [5.74, 6) is -0.0863. The highest BCUT2D eigenvalue weighted by Crippen LogP contribution is 2.24. The van der Waals surface area contributed by atoms with E-state index in [9.17, 15) is 9.18 Å². The highest BCUT2D eigenvalue weighted by Gasteiger charge is 2.13. The topological polar surface area (TPSA) is 79.9 Å². The molecule has 140 valence electrons. The Morgan fingerprint density at radius 2 is 2.11 bits per heavy atom. The summed E-state index contributed by atoms with van der Waals surface area (Å²) in [5, 5.41) is 11.7.